The van der Waals surface area contributed by atoms with E-state index in [9.17, 15) is 13.2 Å². The third kappa shape index (κ3) is 3.73. The second-order valence-corrected chi connectivity index (χ2v) is 6.14. The van der Waals surface area contributed by atoms with Gasteiger partial charge in [0, 0.05) is 13.0 Å². The van der Waals surface area contributed by atoms with Crippen LogP contribution in [0.2, 0.25) is 0 Å². The molecule has 0 aliphatic rings. The molecule has 0 saturated heterocycles. The van der Waals surface area contributed by atoms with Crippen molar-refractivity contribution in [1.82, 2.24) is 5.32 Å². The van der Waals surface area contributed by atoms with Gasteiger partial charge in [0.15, 0.2) is 9.84 Å². The van der Waals surface area contributed by atoms with Gasteiger partial charge in [-0.25, -0.2) is 8.42 Å². The maximum absolute atomic E-state index is 12.0. The summed E-state index contributed by atoms with van der Waals surface area (Å²) in [6.45, 7) is 4.11. The summed E-state index contributed by atoms with van der Waals surface area (Å²) in [6.07, 6.45) is -0.0521. The molecule has 6 heteroatoms. The second kappa shape index (κ2) is 5.86. The quantitative estimate of drug-likeness (QED) is 0.777. The number of sulfone groups is 1. The van der Waals surface area contributed by atoms with Crippen LogP contribution in [-0.2, 0) is 14.6 Å². The predicted octanol–water partition coefficient (Wildman–Crippen LogP) is 0.877. The molecule has 0 heterocycles. The van der Waals surface area contributed by atoms with Gasteiger partial charge in [-0.05, 0) is 31.5 Å². The van der Waals surface area contributed by atoms with E-state index >= 15 is 0 Å². The molecule has 1 rings (SSSR count). The fourth-order valence-electron chi connectivity index (χ4n) is 1.57. The number of nitrogen functional groups attached to an aromatic ring is 1. The van der Waals surface area contributed by atoms with Crippen LogP contribution in [0.4, 0.5) is 5.69 Å². The highest BCUT2D eigenvalue weighted by atomic mass is 32.2. The topological polar surface area (TPSA) is 89.3 Å². The largest absolute Gasteiger partial charge is 0.398 e. The van der Waals surface area contributed by atoms with E-state index in [1.807, 2.05) is 6.92 Å². The minimum absolute atomic E-state index is 0.0521. The summed E-state index contributed by atoms with van der Waals surface area (Å²) in [4.78, 5) is 11.3. The first-order chi connectivity index (χ1) is 8.36. The van der Waals surface area contributed by atoms with E-state index in [1.165, 1.54) is 6.07 Å². The van der Waals surface area contributed by atoms with Crippen molar-refractivity contribution in [2.24, 2.45) is 0 Å². The van der Waals surface area contributed by atoms with Crippen LogP contribution in [0, 0.1) is 6.92 Å². The third-order valence-corrected chi connectivity index (χ3v) is 4.26. The molecular weight excluding hydrogens is 252 g/mol. The average molecular weight is 270 g/mol. The Kier molecular flexibility index (Phi) is 4.72. The summed E-state index contributed by atoms with van der Waals surface area (Å²) < 4.78 is 24.0. The van der Waals surface area contributed by atoms with Crippen LogP contribution >= 0.6 is 0 Å². The molecule has 100 valence electrons. The monoisotopic (exact) mass is 270 g/mol. The SMILES string of the molecule is CCNC(=O)CCS(=O)(=O)c1ccc(C)cc1N. The Morgan fingerprint density at radius 3 is 2.61 bits per heavy atom. The Morgan fingerprint density at radius 2 is 2.06 bits per heavy atom. The molecule has 1 amide bonds. The van der Waals surface area contributed by atoms with Gasteiger partial charge in [0.25, 0.3) is 0 Å². The molecule has 0 spiro atoms. The zero-order valence-corrected chi connectivity index (χ0v) is 11.4. The molecule has 5 nitrogen and oxygen atoms in total. The predicted molar refractivity (Wildman–Crippen MR) is 70.9 cm³/mol. The lowest BCUT2D eigenvalue weighted by Gasteiger charge is -2.08. The van der Waals surface area contributed by atoms with E-state index in [-0.39, 0.29) is 28.7 Å². The van der Waals surface area contributed by atoms with E-state index in [4.69, 9.17) is 5.73 Å². The highest BCUT2D eigenvalue weighted by Gasteiger charge is 2.18. The van der Waals surface area contributed by atoms with Crippen LogP contribution in [0.1, 0.15) is 18.9 Å². The number of amides is 1. The maximum Gasteiger partial charge on any atom is 0.221 e. The van der Waals surface area contributed by atoms with Crippen LogP contribution in [0.25, 0.3) is 0 Å². The van der Waals surface area contributed by atoms with Gasteiger partial charge >= 0.3 is 0 Å². The van der Waals surface area contributed by atoms with Gasteiger partial charge in [-0.15, -0.1) is 0 Å². The lowest BCUT2D eigenvalue weighted by molar-refractivity contribution is -0.120. The molecular formula is C12H18N2O3S. The number of rotatable bonds is 5. The number of nitrogens with two attached hydrogens (primary N) is 1. The summed E-state index contributed by atoms with van der Waals surface area (Å²) in [6, 6.07) is 4.78. The summed E-state index contributed by atoms with van der Waals surface area (Å²) in [7, 11) is -3.51. The molecule has 18 heavy (non-hydrogen) atoms. The van der Waals surface area contributed by atoms with E-state index in [2.05, 4.69) is 5.32 Å². The minimum atomic E-state index is -3.51. The van der Waals surface area contributed by atoms with Crippen molar-refractivity contribution in [2.75, 3.05) is 18.0 Å². The Morgan fingerprint density at radius 1 is 1.39 bits per heavy atom. The van der Waals surface area contributed by atoms with E-state index < -0.39 is 9.84 Å². The number of anilines is 1. The molecule has 0 fully saturated rings. The fourth-order valence-corrected chi connectivity index (χ4v) is 2.94. The molecule has 0 aromatic heterocycles. The second-order valence-electron chi connectivity index (χ2n) is 4.06. The first-order valence-corrected chi connectivity index (χ1v) is 7.37. The molecule has 0 atom stereocenters. The van der Waals surface area contributed by atoms with Crippen molar-refractivity contribution < 1.29 is 13.2 Å². The van der Waals surface area contributed by atoms with Crippen LogP contribution in [-0.4, -0.2) is 26.6 Å². The zero-order valence-electron chi connectivity index (χ0n) is 10.6. The highest BCUT2D eigenvalue weighted by molar-refractivity contribution is 7.91. The molecule has 0 aliphatic heterocycles. The molecule has 0 radical (unpaired) electrons. The van der Waals surface area contributed by atoms with Crippen molar-refractivity contribution in [3.63, 3.8) is 0 Å². The van der Waals surface area contributed by atoms with Crippen molar-refractivity contribution in [3.05, 3.63) is 23.8 Å². The van der Waals surface area contributed by atoms with Crippen LogP contribution in [0.3, 0.4) is 0 Å². The molecule has 3 N–H and O–H groups in total. The lowest BCUT2D eigenvalue weighted by Crippen LogP contribution is -2.25. The van der Waals surface area contributed by atoms with Gasteiger partial charge in [-0.1, -0.05) is 6.07 Å². The maximum atomic E-state index is 12.0. The summed E-state index contributed by atoms with van der Waals surface area (Å²) >= 11 is 0. The van der Waals surface area contributed by atoms with Gasteiger partial charge in [0.1, 0.15) is 0 Å². The zero-order chi connectivity index (χ0) is 13.8. The number of carbonyl (C=O) groups is 1. The van der Waals surface area contributed by atoms with Crippen molar-refractivity contribution in [1.29, 1.82) is 0 Å². The van der Waals surface area contributed by atoms with Crippen LogP contribution < -0.4 is 11.1 Å². The fraction of sp³-hybridized carbons (Fsp3) is 0.417. The smallest absolute Gasteiger partial charge is 0.221 e. The Labute approximate surface area is 107 Å². The molecule has 0 unspecified atom stereocenters. The van der Waals surface area contributed by atoms with E-state index in [1.54, 1.807) is 19.1 Å². The van der Waals surface area contributed by atoms with E-state index in [0.717, 1.165) is 5.56 Å². The first-order valence-electron chi connectivity index (χ1n) is 5.72. The van der Waals surface area contributed by atoms with Gasteiger partial charge in [-0.3, -0.25) is 4.79 Å². The molecule has 1 aromatic carbocycles. The Hall–Kier alpha value is -1.56. The molecule has 0 bridgehead atoms. The van der Waals surface area contributed by atoms with Crippen molar-refractivity contribution in [3.8, 4) is 0 Å². The number of hydrogen-bond acceptors (Lipinski definition) is 4. The highest BCUT2D eigenvalue weighted by Crippen LogP contribution is 2.21. The standard InChI is InChI=1S/C12H18N2O3S/c1-3-14-12(15)6-7-18(16,17)11-5-4-9(2)8-10(11)13/h4-5,8H,3,6-7,13H2,1-2H3,(H,14,15). The third-order valence-electron chi connectivity index (χ3n) is 2.47. The summed E-state index contributed by atoms with van der Waals surface area (Å²) in [5.41, 5.74) is 6.82. The van der Waals surface area contributed by atoms with E-state index in [0.29, 0.717) is 6.54 Å². The summed E-state index contributed by atoms with van der Waals surface area (Å²) in [5, 5.41) is 2.56. The normalized spacial score (nSPS) is 11.2. The number of aryl methyl sites for hydroxylation is 1. The Balaban J connectivity index is 2.83. The van der Waals surface area contributed by atoms with Crippen molar-refractivity contribution >= 4 is 21.4 Å². The summed E-state index contributed by atoms with van der Waals surface area (Å²) in [5.74, 6) is -0.502. The number of carbonyl (C=O) groups excluding carboxylic acids is 1. The number of nitrogens with one attached hydrogen (secondary N) is 1. The Bertz CT molecular complexity index is 538. The van der Waals surface area contributed by atoms with Gasteiger partial charge in [0.2, 0.25) is 5.91 Å². The van der Waals surface area contributed by atoms with Crippen LogP contribution in [0.15, 0.2) is 23.1 Å². The number of benzene rings is 1. The lowest BCUT2D eigenvalue weighted by atomic mass is 10.2. The number of hydrogen-bond donors (Lipinski definition) is 2. The van der Waals surface area contributed by atoms with Crippen LogP contribution in [0.5, 0.6) is 0 Å². The minimum Gasteiger partial charge on any atom is -0.398 e. The molecule has 0 saturated carbocycles. The van der Waals surface area contributed by atoms with Gasteiger partial charge in [-0.2, -0.15) is 0 Å². The van der Waals surface area contributed by atoms with Gasteiger partial charge < -0.3 is 11.1 Å². The first kappa shape index (κ1) is 14.5. The molecule has 0 aliphatic carbocycles. The van der Waals surface area contributed by atoms with Gasteiger partial charge in [0.05, 0.1) is 16.3 Å². The molecule has 1 aromatic rings. The average Bonchev–Trinajstić information content (AvgIpc) is 2.26. The van der Waals surface area contributed by atoms with Crippen molar-refractivity contribution in [2.45, 2.75) is 25.2 Å².